The number of hydrogen-bond acceptors (Lipinski definition) is 1. The molecule has 2 aromatic rings. The normalized spacial score (nSPS) is 20.3. The zero-order valence-electron chi connectivity index (χ0n) is 13.3. The molecule has 0 saturated heterocycles. The molecule has 0 amide bonds. The van der Waals surface area contributed by atoms with Crippen molar-refractivity contribution in [2.45, 2.75) is 52.6 Å². The molecule has 0 aliphatic heterocycles. The van der Waals surface area contributed by atoms with Crippen molar-refractivity contribution in [3.63, 3.8) is 0 Å². The molecule has 21 heavy (non-hydrogen) atoms. The number of aromatic nitrogens is 1. The topological polar surface area (TPSA) is 25.2 Å². The predicted molar refractivity (Wildman–Crippen MR) is 86.8 cm³/mol. The lowest BCUT2D eigenvalue weighted by Crippen LogP contribution is -2.26. The van der Waals surface area contributed by atoms with Crippen LogP contribution in [-0.4, -0.2) is 9.67 Å². The van der Waals surface area contributed by atoms with Gasteiger partial charge in [0.15, 0.2) is 0 Å². The largest absolute Gasteiger partial charge is 0.388 e. The first-order chi connectivity index (χ1) is 10.00. The fourth-order valence-corrected chi connectivity index (χ4v) is 3.48. The second-order valence-corrected chi connectivity index (χ2v) is 7.07. The number of benzene rings is 1. The van der Waals surface area contributed by atoms with Gasteiger partial charge in [-0.15, -0.1) is 0 Å². The lowest BCUT2D eigenvalue weighted by Gasteiger charge is -2.34. The fraction of sp³-hybridized carbons (Fsp3) is 0.474. The molecule has 3 rings (SSSR count). The maximum atomic E-state index is 10.4. The van der Waals surface area contributed by atoms with Gasteiger partial charge >= 0.3 is 0 Å². The molecule has 2 heteroatoms. The van der Waals surface area contributed by atoms with E-state index in [2.05, 4.69) is 61.9 Å². The van der Waals surface area contributed by atoms with Crippen LogP contribution in [0.5, 0.6) is 0 Å². The molecule has 1 unspecified atom stereocenters. The molecule has 1 aliphatic rings. The van der Waals surface area contributed by atoms with E-state index >= 15 is 0 Å². The number of fused-ring (bicyclic) bond motifs is 1. The first-order valence-corrected chi connectivity index (χ1v) is 7.98. The van der Waals surface area contributed by atoms with Crippen molar-refractivity contribution in [2.24, 2.45) is 5.41 Å². The molecule has 0 saturated carbocycles. The molecule has 1 aromatic heterocycles. The average molecular weight is 283 g/mol. The van der Waals surface area contributed by atoms with Gasteiger partial charge in [-0.2, -0.15) is 0 Å². The molecule has 1 aliphatic carbocycles. The molecule has 1 atom stereocenters. The Morgan fingerprint density at radius 3 is 2.57 bits per heavy atom. The highest BCUT2D eigenvalue weighted by Crippen LogP contribution is 2.41. The van der Waals surface area contributed by atoms with E-state index in [9.17, 15) is 5.11 Å². The fourth-order valence-electron chi connectivity index (χ4n) is 3.48. The van der Waals surface area contributed by atoms with Gasteiger partial charge in [-0.1, -0.05) is 39.3 Å². The van der Waals surface area contributed by atoms with Gasteiger partial charge < -0.3 is 9.67 Å². The third kappa shape index (κ3) is 2.77. The van der Waals surface area contributed by atoms with E-state index in [0.717, 1.165) is 24.8 Å². The molecule has 2 nitrogen and oxygen atoms in total. The summed E-state index contributed by atoms with van der Waals surface area (Å²) in [7, 11) is 0. The Labute approximate surface area is 127 Å². The number of aryl methyl sites for hydroxylation is 1. The quantitative estimate of drug-likeness (QED) is 0.885. The predicted octanol–water partition coefficient (Wildman–Crippen LogP) is 4.44. The number of rotatable bonds is 3. The molecule has 0 spiro atoms. The van der Waals surface area contributed by atoms with E-state index in [0.29, 0.717) is 0 Å². The highest BCUT2D eigenvalue weighted by atomic mass is 16.3. The van der Waals surface area contributed by atoms with E-state index < -0.39 is 0 Å². The van der Waals surface area contributed by atoms with E-state index in [1.165, 1.54) is 23.4 Å². The van der Waals surface area contributed by atoms with Gasteiger partial charge in [-0.3, -0.25) is 0 Å². The smallest absolute Gasteiger partial charge is 0.0812 e. The Kier molecular flexibility index (Phi) is 3.66. The summed E-state index contributed by atoms with van der Waals surface area (Å²) in [5, 5.41) is 10.4. The minimum Gasteiger partial charge on any atom is -0.388 e. The second kappa shape index (κ2) is 5.34. The lowest BCUT2D eigenvalue weighted by molar-refractivity contribution is 0.0987. The molecule has 1 aromatic carbocycles. The highest BCUT2D eigenvalue weighted by Gasteiger charge is 2.33. The van der Waals surface area contributed by atoms with Gasteiger partial charge in [0.25, 0.3) is 0 Å². The van der Waals surface area contributed by atoms with Crippen LogP contribution in [-0.2, 0) is 12.8 Å². The summed E-state index contributed by atoms with van der Waals surface area (Å²) in [5.41, 5.74) is 5.11. The third-order valence-electron chi connectivity index (χ3n) is 4.53. The van der Waals surface area contributed by atoms with Gasteiger partial charge in [0.2, 0.25) is 0 Å². The van der Waals surface area contributed by atoms with E-state index in [1.54, 1.807) is 0 Å². The Balaban J connectivity index is 1.97. The molecule has 0 radical (unpaired) electrons. The van der Waals surface area contributed by atoms with Crippen molar-refractivity contribution in [3.05, 3.63) is 53.3 Å². The van der Waals surface area contributed by atoms with Crippen LogP contribution in [0.1, 0.15) is 56.5 Å². The van der Waals surface area contributed by atoms with Gasteiger partial charge in [0.1, 0.15) is 0 Å². The SMILES string of the molecule is CCCc1ccc(-n2ccc3c2CC(C)(C)CC3O)cc1. The van der Waals surface area contributed by atoms with Crippen molar-refractivity contribution in [1.29, 1.82) is 0 Å². The molecule has 1 N–H and O–H groups in total. The first kappa shape index (κ1) is 14.4. The van der Waals surface area contributed by atoms with Crippen LogP contribution in [0.4, 0.5) is 0 Å². The van der Waals surface area contributed by atoms with Crippen LogP contribution in [0, 0.1) is 5.41 Å². The summed E-state index contributed by atoms with van der Waals surface area (Å²) in [6, 6.07) is 10.9. The van der Waals surface area contributed by atoms with Crippen LogP contribution in [0.15, 0.2) is 36.5 Å². The van der Waals surface area contributed by atoms with Crippen LogP contribution in [0.25, 0.3) is 5.69 Å². The first-order valence-electron chi connectivity index (χ1n) is 7.98. The van der Waals surface area contributed by atoms with Crippen LogP contribution >= 0.6 is 0 Å². The molecule has 112 valence electrons. The summed E-state index contributed by atoms with van der Waals surface area (Å²) in [6.45, 7) is 6.68. The van der Waals surface area contributed by atoms with E-state index in [-0.39, 0.29) is 11.5 Å². The Morgan fingerprint density at radius 2 is 1.90 bits per heavy atom. The van der Waals surface area contributed by atoms with Gasteiger partial charge in [-0.05, 0) is 48.4 Å². The van der Waals surface area contributed by atoms with Gasteiger partial charge in [-0.25, -0.2) is 0 Å². The Hall–Kier alpha value is -1.54. The molecule has 1 heterocycles. The second-order valence-electron chi connectivity index (χ2n) is 7.07. The molecular weight excluding hydrogens is 258 g/mol. The van der Waals surface area contributed by atoms with Crippen LogP contribution in [0.2, 0.25) is 0 Å². The van der Waals surface area contributed by atoms with Crippen molar-refractivity contribution < 1.29 is 5.11 Å². The summed E-state index contributed by atoms with van der Waals surface area (Å²) < 4.78 is 2.25. The summed E-state index contributed by atoms with van der Waals surface area (Å²) in [5.74, 6) is 0. The lowest BCUT2D eigenvalue weighted by atomic mass is 9.75. The highest BCUT2D eigenvalue weighted by molar-refractivity contribution is 5.41. The zero-order valence-corrected chi connectivity index (χ0v) is 13.3. The zero-order chi connectivity index (χ0) is 15.0. The van der Waals surface area contributed by atoms with Gasteiger partial charge in [0.05, 0.1) is 6.10 Å². The van der Waals surface area contributed by atoms with Crippen molar-refractivity contribution >= 4 is 0 Å². The molecule has 0 bridgehead atoms. The Bertz CT molecular complexity index is 622. The van der Waals surface area contributed by atoms with Crippen LogP contribution in [0.3, 0.4) is 0 Å². The van der Waals surface area contributed by atoms with Crippen molar-refractivity contribution in [2.75, 3.05) is 0 Å². The van der Waals surface area contributed by atoms with Crippen LogP contribution < -0.4 is 0 Å². The van der Waals surface area contributed by atoms with E-state index in [1.807, 2.05) is 0 Å². The molecule has 0 fully saturated rings. The molecular formula is C19H25NO. The summed E-state index contributed by atoms with van der Waals surface area (Å²) >= 11 is 0. The summed E-state index contributed by atoms with van der Waals surface area (Å²) in [4.78, 5) is 0. The summed E-state index contributed by atoms with van der Waals surface area (Å²) in [6.07, 6.45) is 5.95. The number of aliphatic hydroxyl groups is 1. The monoisotopic (exact) mass is 283 g/mol. The minimum atomic E-state index is -0.329. The van der Waals surface area contributed by atoms with E-state index in [4.69, 9.17) is 0 Å². The van der Waals surface area contributed by atoms with Gasteiger partial charge in [0, 0.05) is 23.1 Å². The minimum absolute atomic E-state index is 0.157. The standard InChI is InChI=1S/C19H25NO/c1-4-5-14-6-8-15(9-7-14)20-11-10-16-17(20)12-19(2,3)13-18(16)21/h6-11,18,21H,4-5,12-13H2,1-3H3. The third-order valence-corrected chi connectivity index (χ3v) is 4.53. The average Bonchev–Trinajstić information content (AvgIpc) is 2.82. The number of aliphatic hydroxyl groups excluding tert-OH is 1. The maximum absolute atomic E-state index is 10.4. The van der Waals surface area contributed by atoms with Crippen molar-refractivity contribution in [3.8, 4) is 5.69 Å². The Morgan fingerprint density at radius 1 is 1.19 bits per heavy atom. The van der Waals surface area contributed by atoms with Crippen molar-refractivity contribution in [1.82, 2.24) is 4.57 Å². The number of nitrogens with zero attached hydrogens (tertiary/aromatic N) is 1. The number of hydrogen-bond donors (Lipinski definition) is 1. The maximum Gasteiger partial charge on any atom is 0.0812 e.